The fourth-order valence-electron chi connectivity index (χ4n) is 3.29. The van der Waals surface area contributed by atoms with Gasteiger partial charge in [-0.25, -0.2) is 0 Å². The Kier molecular flexibility index (Phi) is 5.04. The van der Waals surface area contributed by atoms with Gasteiger partial charge in [-0.05, 0) is 37.5 Å². The quantitative estimate of drug-likeness (QED) is 0.918. The van der Waals surface area contributed by atoms with E-state index in [2.05, 4.69) is 28.4 Å². The fourth-order valence-corrected chi connectivity index (χ4v) is 3.29. The highest BCUT2D eigenvalue weighted by Crippen LogP contribution is 2.28. The molecule has 0 spiro atoms. The molecule has 126 valence electrons. The zero-order valence-corrected chi connectivity index (χ0v) is 14.3. The first-order valence-electron chi connectivity index (χ1n) is 8.45. The van der Waals surface area contributed by atoms with Crippen LogP contribution in [0.3, 0.4) is 0 Å². The topological polar surface area (TPSA) is 41.6 Å². The molecule has 1 N–H and O–H groups in total. The first kappa shape index (κ1) is 16.4. The van der Waals surface area contributed by atoms with Crippen molar-refractivity contribution in [1.82, 2.24) is 5.32 Å². The summed E-state index contributed by atoms with van der Waals surface area (Å²) < 4.78 is 5.34. The zero-order valence-electron chi connectivity index (χ0n) is 14.3. The molecule has 24 heavy (non-hydrogen) atoms. The minimum Gasteiger partial charge on any atom is -0.496 e. The van der Waals surface area contributed by atoms with E-state index in [0.717, 1.165) is 30.7 Å². The van der Waals surface area contributed by atoms with Crippen LogP contribution in [0.25, 0.3) is 0 Å². The van der Waals surface area contributed by atoms with Gasteiger partial charge in [-0.2, -0.15) is 0 Å². The highest BCUT2D eigenvalue weighted by molar-refractivity contribution is 5.85. The summed E-state index contributed by atoms with van der Waals surface area (Å²) in [6.45, 7) is 3.36. The van der Waals surface area contributed by atoms with Crippen LogP contribution < -0.4 is 15.0 Å². The summed E-state index contributed by atoms with van der Waals surface area (Å²) in [4.78, 5) is 14.8. The van der Waals surface area contributed by atoms with E-state index in [4.69, 9.17) is 4.74 Å². The van der Waals surface area contributed by atoms with Crippen molar-refractivity contribution in [1.29, 1.82) is 0 Å². The molecule has 1 aliphatic rings. The van der Waals surface area contributed by atoms with Crippen LogP contribution in [0.2, 0.25) is 0 Å². The van der Waals surface area contributed by atoms with Gasteiger partial charge >= 0.3 is 0 Å². The molecule has 2 aromatic carbocycles. The van der Waals surface area contributed by atoms with Crippen LogP contribution in [0.1, 0.15) is 24.5 Å². The molecule has 1 atom stereocenters. The van der Waals surface area contributed by atoms with E-state index < -0.39 is 0 Å². The normalized spacial score (nSPS) is 14.7. The van der Waals surface area contributed by atoms with E-state index in [0.29, 0.717) is 6.54 Å². The van der Waals surface area contributed by atoms with Crippen LogP contribution in [0, 0.1) is 0 Å². The number of ether oxygens (including phenoxy) is 1. The maximum Gasteiger partial charge on any atom is 0.242 e. The summed E-state index contributed by atoms with van der Waals surface area (Å²) in [5, 5.41) is 3.04. The number of anilines is 1. The molecular formula is C20H24N2O2. The number of amides is 1. The third kappa shape index (κ3) is 3.37. The molecule has 1 aliphatic heterocycles. The number of fused-ring (bicyclic) bond motifs is 1. The predicted octanol–water partition coefficient (Wildman–Crippen LogP) is 3.15. The second-order valence-electron chi connectivity index (χ2n) is 6.13. The monoisotopic (exact) mass is 324 g/mol. The third-order valence-electron chi connectivity index (χ3n) is 4.64. The average molecular weight is 324 g/mol. The van der Waals surface area contributed by atoms with Crippen molar-refractivity contribution in [3.05, 3.63) is 59.7 Å². The molecule has 0 fully saturated rings. The van der Waals surface area contributed by atoms with Crippen molar-refractivity contribution in [2.24, 2.45) is 0 Å². The number of hydrogen-bond donors (Lipinski definition) is 1. The minimum absolute atomic E-state index is 0.0395. The molecule has 2 aromatic rings. The number of methoxy groups -OCH3 is 1. The molecule has 4 nitrogen and oxygen atoms in total. The van der Waals surface area contributed by atoms with E-state index in [9.17, 15) is 4.79 Å². The summed E-state index contributed by atoms with van der Waals surface area (Å²) in [5.41, 5.74) is 3.50. The first-order chi connectivity index (χ1) is 11.7. The van der Waals surface area contributed by atoms with Gasteiger partial charge in [0, 0.05) is 24.3 Å². The maximum atomic E-state index is 12.6. The minimum atomic E-state index is -0.193. The summed E-state index contributed by atoms with van der Waals surface area (Å²) in [5.74, 6) is 0.839. The molecule has 0 aliphatic carbocycles. The largest absolute Gasteiger partial charge is 0.496 e. The number of hydrogen-bond acceptors (Lipinski definition) is 3. The number of rotatable bonds is 5. The third-order valence-corrected chi connectivity index (χ3v) is 4.64. The van der Waals surface area contributed by atoms with Gasteiger partial charge in [-0.3, -0.25) is 4.79 Å². The Labute approximate surface area is 143 Å². The zero-order chi connectivity index (χ0) is 16.9. The smallest absolute Gasteiger partial charge is 0.242 e. The van der Waals surface area contributed by atoms with Crippen LogP contribution >= 0.6 is 0 Å². The lowest BCUT2D eigenvalue weighted by Crippen LogP contribution is -2.47. The van der Waals surface area contributed by atoms with Gasteiger partial charge in [-0.15, -0.1) is 0 Å². The van der Waals surface area contributed by atoms with Gasteiger partial charge in [0.05, 0.1) is 7.11 Å². The highest BCUT2D eigenvalue weighted by Gasteiger charge is 2.25. The number of nitrogens with zero attached hydrogens (tertiary/aromatic N) is 1. The Balaban J connectivity index is 1.67. The Morgan fingerprint density at radius 3 is 2.79 bits per heavy atom. The second kappa shape index (κ2) is 7.39. The van der Waals surface area contributed by atoms with Crippen molar-refractivity contribution < 1.29 is 9.53 Å². The molecule has 0 saturated carbocycles. The molecule has 0 saturated heterocycles. The van der Waals surface area contributed by atoms with Gasteiger partial charge in [0.1, 0.15) is 11.8 Å². The molecule has 1 amide bonds. The number of carbonyl (C=O) groups excluding carboxylic acids is 1. The number of aryl methyl sites for hydroxylation is 1. The summed E-state index contributed by atoms with van der Waals surface area (Å²) in [7, 11) is 1.65. The molecule has 1 heterocycles. The van der Waals surface area contributed by atoms with Crippen LogP contribution in [0.15, 0.2) is 48.5 Å². The van der Waals surface area contributed by atoms with Crippen molar-refractivity contribution in [3.8, 4) is 5.75 Å². The first-order valence-corrected chi connectivity index (χ1v) is 8.45. The molecule has 1 unspecified atom stereocenters. The van der Waals surface area contributed by atoms with Gasteiger partial charge in [-0.1, -0.05) is 36.4 Å². The van der Waals surface area contributed by atoms with Gasteiger partial charge in [0.15, 0.2) is 0 Å². The van der Waals surface area contributed by atoms with Gasteiger partial charge in [0.25, 0.3) is 0 Å². The number of benzene rings is 2. The van der Waals surface area contributed by atoms with Gasteiger partial charge in [0.2, 0.25) is 5.91 Å². The summed E-state index contributed by atoms with van der Waals surface area (Å²) >= 11 is 0. The SMILES string of the molecule is COc1ccccc1CNC(=O)C(C)N1CCCc2ccccc21. The fraction of sp³-hybridized carbons (Fsp3) is 0.350. The standard InChI is InChI=1S/C20H24N2O2/c1-15(22-13-7-10-16-8-3-5-11-18(16)22)20(23)21-14-17-9-4-6-12-19(17)24-2/h3-6,8-9,11-12,15H,7,10,13-14H2,1-2H3,(H,21,23). The lowest BCUT2D eigenvalue weighted by Gasteiger charge is -2.35. The summed E-state index contributed by atoms with van der Waals surface area (Å²) in [6.07, 6.45) is 2.17. The molecule has 3 rings (SSSR count). The molecule has 0 radical (unpaired) electrons. The van der Waals surface area contributed by atoms with E-state index in [1.165, 1.54) is 11.3 Å². The lowest BCUT2D eigenvalue weighted by atomic mass is 10.00. The van der Waals surface area contributed by atoms with Gasteiger partial charge < -0.3 is 15.0 Å². The van der Waals surface area contributed by atoms with E-state index in [1.807, 2.05) is 37.3 Å². The highest BCUT2D eigenvalue weighted by atomic mass is 16.5. The predicted molar refractivity (Wildman–Crippen MR) is 96.4 cm³/mol. The van der Waals surface area contributed by atoms with Crippen molar-refractivity contribution >= 4 is 11.6 Å². The second-order valence-corrected chi connectivity index (χ2v) is 6.13. The lowest BCUT2D eigenvalue weighted by molar-refractivity contribution is -0.122. The van der Waals surface area contributed by atoms with E-state index in [-0.39, 0.29) is 11.9 Å². The summed E-state index contributed by atoms with van der Waals surface area (Å²) in [6, 6.07) is 15.9. The number of nitrogens with one attached hydrogen (secondary N) is 1. The van der Waals surface area contributed by atoms with Crippen molar-refractivity contribution in [2.75, 3.05) is 18.6 Å². The van der Waals surface area contributed by atoms with Crippen LogP contribution in [0.5, 0.6) is 5.75 Å². The van der Waals surface area contributed by atoms with Crippen molar-refractivity contribution in [3.63, 3.8) is 0 Å². The number of carbonyl (C=O) groups is 1. The van der Waals surface area contributed by atoms with E-state index in [1.54, 1.807) is 7.11 Å². The molecule has 4 heteroatoms. The molecule has 0 aromatic heterocycles. The maximum absolute atomic E-state index is 12.6. The Morgan fingerprint density at radius 2 is 1.96 bits per heavy atom. The number of para-hydroxylation sites is 2. The Bertz CT molecular complexity index is 714. The Hall–Kier alpha value is -2.49. The average Bonchev–Trinajstić information content (AvgIpc) is 2.65. The molecular weight excluding hydrogens is 300 g/mol. The van der Waals surface area contributed by atoms with Crippen LogP contribution in [0.4, 0.5) is 5.69 Å². The van der Waals surface area contributed by atoms with Crippen molar-refractivity contribution in [2.45, 2.75) is 32.4 Å². The van der Waals surface area contributed by atoms with Crippen LogP contribution in [-0.2, 0) is 17.8 Å². The Morgan fingerprint density at radius 1 is 1.21 bits per heavy atom. The van der Waals surface area contributed by atoms with Crippen LogP contribution in [-0.4, -0.2) is 25.6 Å². The van der Waals surface area contributed by atoms with E-state index >= 15 is 0 Å². The molecule has 0 bridgehead atoms.